The lowest BCUT2D eigenvalue weighted by Gasteiger charge is -2.43. The van der Waals surface area contributed by atoms with E-state index in [9.17, 15) is 4.79 Å². The van der Waals surface area contributed by atoms with Crippen molar-refractivity contribution in [3.8, 4) is 0 Å². The van der Waals surface area contributed by atoms with Crippen molar-refractivity contribution in [1.29, 1.82) is 0 Å². The van der Waals surface area contributed by atoms with Crippen LogP contribution in [0.5, 0.6) is 0 Å². The van der Waals surface area contributed by atoms with Crippen LogP contribution in [0.2, 0.25) is 0 Å². The van der Waals surface area contributed by atoms with E-state index in [1.807, 2.05) is 11.9 Å². The lowest BCUT2D eigenvalue weighted by atomic mass is 9.67. The summed E-state index contributed by atoms with van der Waals surface area (Å²) in [7, 11) is 1.90. The summed E-state index contributed by atoms with van der Waals surface area (Å²) in [4.78, 5) is 17.0. The van der Waals surface area contributed by atoms with Gasteiger partial charge >= 0.3 is 0 Å². The molecule has 1 amide bonds. The highest BCUT2D eigenvalue weighted by Gasteiger charge is 2.45. The van der Waals surface area contributed by atoms with Crippen molar-refractivity contribution in [3.05, 3.63) is 21.9 Å². The molecule has 0 radical (unpaired) electrons. The fourth-order valence-corrected chi connectivity index (χ4v) is 3.50. The van der Waals surface area contributed by atoms with Gasteiger partial charge in [-0.25, -0.2) is 0 Å². The van der Waals surface area contributed by atoms with Crippen LogP contribution in [0.3, 0.4) is 0 Å². The molecule has 1 aromatic heterocycles. The summed E-state index contributed by atoms with van der Waals surface area (Å²) in [5.74, 6) is 0.217. The standard InChI is InChI=1S/C14H22N2OS/c1-10-5-6-12(18-10)11(2)16(3)13(17)14(9-15)7-4-8-14/h5-6,11H,4,7-9,15H2,1-3H3. The molecule has 0 spiro atoms. The lowest BCUT2D eigenvalue weighted by Crippen LogP contribution is -2.51. The third kappa shape index (κ3) is 2.19. The van der Waals surface area contributed by atoms with Gasteiger partial charge < -0.3 is 10.6 Å². The molecular weight excluding hydrogens is 244 g/mol. The van der Waals surface area contributed by atoms with Crippen molar-refractivity contribution in [2.45, 2.75) is 39.2 Å². The van der Waals surface area contributed by atoms with E-state index >= 15 is 0 Å². The highest BCUT2D eigenvalue weighted by molar-refractivity contribution is 7.12. The van der Waals surface area contributed by atoms with Crippen molar-refractivity contribution < 1.29 is 4.79 Å². The molecule has 1 heterocycles. The van der Waals surface area contributed by atoms with E-state index < -0.39 is 0 Å². The first kappa shape index (κ1) is 13.6. The Labute approximate surface area is 113 Å². The van der Waals surface area contributed by atoms with Crippen molar-refractivity contribution in [3.63, 3.8) is 0 Å². The Morgan fingerprint density at radius 3 is 2.61 bits per heavy atom. The van der Waals surface area contributed by atoms with Crippen LogP contribution < -0.4 is 5.73 Å². The van der Waals surface area contributed by atoms with Crippen LogP contribution in [0.4, 0.5) is 0 Å². The van der Waals surface area contributed by atoms with Gasteiger partial charge in [-0.2, -0.15) is 0 Å². The van der Waals surface area contributed by atoms with Gasteiger partial charge in [0.1, 0.15) is 0 Å². The maximum absolute atomic E-state index is 12.6. The maximum Gasteiger partial charge on any atom is 0.230 e. The van der Waals surface area contributed by atoms with E-state index in [0.29, 0.717) is 6.54 Å². The smallest absolute Gasteiger partial charge is 0.230 e. The van der Waals surface area contributed by atoms with Gasteiger partial charge in [-0.05, 0) is 38.8 Å². The topological polar surface area (TPSA) is 46.3 Å². The van der Waals surface area contributed by atoms with Gasteiger partial charge in [0.2, 0.25) is 5.91 Å². The molecule has 1 aromatic rings. The van der Waals surface area contributed by atoms with Gasteiger partial charge in [0, 0.05) is 23.3 Å². The van der Waals surface area contributed by atoms with Crippen LogP contribution in [0.25, 0.3) is 0 Å². The number of aryl methyl sites for hydroxylation is 1. The number of carbonyl (C=O) groups excluding carboxylic acids is 1. The third-order valence-corrected chi connectivity index (χ3v) is 5.40. The van der Waals surface area contributed by atoms with E-state index in [0.717, 1.165) is 19.3 Å². The second-order valence-corrected chi connectivity index (χ2v) is 6.70. The minimum Gasteiger partial charge on any atom is -0.338 e. The summed E-state index contributed by atoms with van der Waals surface area (Å²) >= 11 is 1.76. The molecule has 2 rings (SSSR count). The first-order valence-corrected chi connectivity index (χ1v) is 7.35. The van der Waals surface area contributed by atoms with E-state index in [1.165, 1.54) is 9.75 Å². The van der Waals surface area contributed by atoms with Crippen molar-refractivity contribution >= 4 is 17.2 Å². The predicted octanol–water partition coefficient (Wildman–Crippen LogP) is 2.70. The number of nitrogens with zero attached hydrogens (tertiary/aromatic N) is 1. The SMILES string of the molecule is Cc1ccc(C(C)N(C)C(=O)C2(CN)CCC2)s1. The lowest BCUT2D eigenvalue weighted by molar-refractivity contribution is -0.147. The number of hydrogen-bond donors (Lipinski definition) is 1. The van der Waals surface area contributed by atoms with E-state index in [-0.39, 0.29) is 17.4 Å². The second kappa shape index (κ2) is 5.02. The number of nitrogens with two attached hydrogens (primary N) is 1. The third-order valence-electron chi connectivity index (χ3n) is 4.23. The number of carbonyl (C=O) groups is 1. The number of rotatable bonds is 4. The highest BCUT2D eigenvalue weighted by atomic mass is 32.1. The van der Waals surface area contributed by atoms with Crippen LogP contribution in [-0.4, -0.2) is 24.4 Å². The molecule has 2 N–H and O–H groups in total. The zero-order valence-corrected chi connectivity index (χ0v) is 12.2. The molecule has 1 aliphatic carbocycles. The van der Waals surface area contributed by atoms with E-state index in [1.54, 1.807) is 11.3 Å². The molecule has 1 aliphatic rings. The molecule has 1 atom stereocenters. The quantitative estimate of drug-likeness (QED) is 0.910. The van der Waals surface area contributed by atoms with Gasteiger partial charge in [0.25, 0.3) is 0 Å². The Bertz CT molecular complexity index is 431. The summed E-state index contributed by atoms with van der Waals surface area (Å²) in [6.07, 6.45) is 3.02. The number of amides is 1. The monoisotopic (exact) mass is 266 g/mol. The zero-order chi connectivity index (χ0) is 13.3. The Morgan fingerprint density at radius 2 is 2.22 bits per heavy atom. The van der Waals surface area contributed by atoms with E-state index in [4.69, 9.17) is 5.73 Å². The molecule has 18 heavy (non-hydrogen) atoms. The molecule has 0 saturated heterocycles. The zero-order valence-electron chi connectivity index (χ0n) is 11.4. The molecule has 3 nitrogen and oxygen atoms in total. The molecule has 4 heteroatoms. The Balaban J connectivity index is 2.11. The number of hydrogen-bond acceptors (Lipinski definition) is 3. The molecular formula is C14H22N2OS. The fourth-order valence-electron chi connectivity index (χ4n) is 2.53. The Kier molecular flexibility index (Phi) is 3.78. The number of thiophene rings is 1. The van der Waals surface area contributed by atoms with Crippen LogP contribution >= 0.6 is 11.3 Å². The predicted molar refractivity (Wildman–Crippen MR) is 75.6 cm³/mol. The summed E-state index contributed by atoms with van der Waals surface area (Å²) in [5, 5.41) is 0. The van der Waals surface area contributed by atoms with Crippen molar-refractivity contribution in [2.75, 3.05) is 13.6 Å². The van der Waals surface area contributed by atoms with E-state index in [2.05, 4.69) is 26.0 Å². The highest BCUT2D eigenvalue weighted by Crippen LogP contribution is 2.42. The van der Waals surface area contributed by atoms with Crippen LogP contribution in [0, 0.1) is 12.3 Å². The van der Waals surface area contributed by atoms with Crippen LogP contribution in [0.1, 0.15) is 42.0 Å². The van der Waals surface area contributed by atoms with Gasteiger partial charge in [-0.1, -0.05) is 6.42 Å². The second-order valence-electron chi connectivity index (χ2n) is 5.38. The summed E-state index contributed by atoms with van der Waals surface area (Å²) in [5.41, 5.74) is 5.54. The summed E-state index contributed by atoms with van der Waals surface area (Å²) in [6, 6.07) is 4.36. The maximum atomic E-state index is 12.6. The summed E-state index contributed by atoms with van der Waals surface area (Å²) < 4.78 is 0. The van der Waals surface area contributed by atoms with Crippen molar-refractivity contribution in [2.24, 2.45) is 11.1 Å². The average Bonchev–Trinajstić information content (AvgIpc) is 2.73. The minimum absolute atomic E-state index is 0.139. The molecule has 100 valence electrons. The van der Waals surface area contributed by atoms with Crippen molar-refractivity contribution in [1.82, 2.24) is 4.90 Å². The molecule has 1 saturated carbocycles. The van der Waals surface area contributed by atoms with Gasteiger partial charge in [0.15, 0.2) is 0 Å². The largest absolute Gasteiger partial charge is 0.338 e. The molecule has 0 aromatic carbocycles. The fraction of sp³-hybridized carbons (Fsp3) is 0.643. The Morgan fingerprint density at radius 1 is 1.56 bits per heavy atom. The van der Waals surface area contributed by atoms with Gasteiger partial charge in [0.05, 0.1) is 11.5 Å². The van der Waals surface area contributed by atoms with Crippen LogP contribution in [-0.2, 0) is 4.79 Å². The van der Waals surface area contributed by atoms with Crippen LogP contribution in [0.15, 0.2) is 12.1 Å². The molecule has 0 aliphatic heterocycles. The minimum atomic E-state index is -0.269. The molecule has 0 bridgehead atoms. The molecule has 1 unspecified atom stereocenters. The normalized spacial score (nSPS) is 19.1. The Hall–Kier alpha value is -0.870. The molecule has 1 fully saturated rings. The average molecular weight is 266 g/mol. The van der Waals surface area contributed by atoms with Gasteiger partial charge in [-0.3, -0.25) is 4.79 Å². The van der Waals surface area contributed by atoms with Gasteiger partial charge in [-0.15, -0.1) is 11.3 Å². The first-order chi connectivity index (χ1) is 8.50. The first-order valence-electron chi connectivity index (χ1n) is 6.54. The summed E-state index contributed by atoms with van der Waals surface area (Å²) in [6.45, 7) is 4.66.